The van der Waals surface area contributed by atoms with E-state index in [4.69, 9.17) is 0 Å². The molecule has 0 aliphatic carbocycles. The van der Waals surface area contributed by atoms with Crippen LogP contribution in [0.15, 0.2) is 34.0 Å². The maximum atomic E-state index is 13.1. The molecule has 0 unspecified atom stereocenters. The summed E-state index contributed by atoms with van der Waals surface area (Å²) in [5, 5.41) is 15.9. The molecule has 0 atom stereocenters. The van der Waals surface area contributed by atoms with Crippen molar-refractivity contribution in [2.24, 2.45) is 0 Å². The highest BCUT2D eigenvalue weighted by Crippen LogP contribution is 2.25. The van der Waals surface area contributed by atoms with Gasteiger partial charge in [-0.2, -0.15) is 13.9 Å². The van der Waals surface area contributed by atoms with Crippen LogP contribution in [0.1, 0.15) is 16.3 Å². The molecule has 4 rings (SSSR count). The predicted octanol–water partition coefficient (Wildman–Crippen LogP) is 1.18. The van der Waals surface area contributed by atoms with Gasteiger partial charge in [0, 0.05) is 50.9 Å². The number of rotatable bonds is 5. The summed E-state index contributed by atoms with van der Waals surface area (Å²) in [7, 11) is -3.85. The summed E-state index contributed by atoms with van der Waals surface area (Å²) in [5.74, 6) is 0. The number of fused-ring (bicyclic) bond motifs is 1. The second kappa shape index (κ2) is 8.07. The van der Waals surface area contributed by atoms with E-state index < -0.39 is 14.9 Å². The molecule has 1 aliphatic heterocycles. The third-order valence-electron chi connectivity index (χ3n) is 5.12. The van der Waals surface area contributed by atoms with Crippen LogP contribution < -0.4 is 5.56 Å². The lowest BCUT2D eigenvalue weighted by molar-refractivity contribution is -0.385. The van der Waals surface area contributed by atoms with Gasteiger partial charge in [0.25, 0.3) is 11.2 Å². The van der Waals surface area contributed by atoms with Gasteiger partial charge in [-0.25, -0.2) is 13.4 Å². The molecule has 0 radical (unpaired) electrons. The summed E-state index contributed by atoms with van der Waals surface area (Å²) in [5.41, 5.74) is 0.575. The first-order valence-corrected chi connectivity index (χ1v) is 11.7. The molecule has 2 aromatic heterocycles. The van der Waals surface area contributed by atoms with Crippen LogP contribution in [0.3, 0.4) is 0 Å². The van der Waals surface area contributed by atoms with Gasteiger partial charge in [0.2, 0.25) is 15.0 Å². The van der Waals surface area contributed by atoms with E-state index in [1.54, 1.807) is 13.8 Å². The molecule has 31 heavy (non-hydrogen) atoms. The molecular formula is C18H20N6O5S2. The number of nitro groups is 1. The van der Waals surface area contributed by atoms with Crippen molar-refractivity contribution in [3.63, 3.8) is 0 Å². The van der Waals surface area contributed by atoms with Gasteiger partial charge in [-0.1, -0.05) is 17.4 Å². The van der Waals surface area contributed by atoms with Crippen LogP contribution in [0.5, 0.6) is 0 Å². The van der Waals surface area contributed by atoms with Crippen LogP contribution >= 0.6 is 11.3 Å². The Labute approximate surface area is 181 Å². The first kappa shape index (κ1) is 21.5. The van der Waals surface area contributed by atoms with E-state index in [1.807, 2.05) is 4.90 Å². The summed E-state index contributed by atoms with van der Waals surface area (Å²) in [6.07, 6.45) is 0. The summed E-state index contributed by atoms with van der Waals surface area (Å²) < 4.78 is 28.7. The molecule has 0 amide bonds. The quantitative estimate of drug-likeness (QED) is 0.406. The van der Waals surface area contributed by atoms with Crippen LogP contribution in [0.25, 0.3) is 4.96 Å². The van der Waals surface area contributed by atoms with Crippen LogP contribution in [-0.4, -0.2) is 63.3 Å². The van der Waals surface area contributed by atoms with Gasteiger partial charge in [0.15, 0.2) is 0 Å². The van der Waals surface area contributed by atoms with E-state index in [1.165, 1.54) is 38.4 Å². The monoisotopic (exact) mass is 464 g/mol. The first-order chi connectivity index (χ1) is 14.6. The lowest BCUT2D eigenvalue weighted by Gasteiger charge is -2.33. The third-order valence-corrected chi connectivity index (χ3v) is 7.98. The van der Waals surface area contributed by atoms with Crippen molar-refractivity contribution in [2.45, 2.75) is 25.3 Å². The molecule has 164 valence electrons. The summed E-state index contributed by atoms with van der Waals surface area (Å²) in [4.78, 5) is 29.7. The first-order valence-electron chi connectivity index (χ1n) is 9.49. The molecule has 11 nitrogen and oxygen atoms in total. The lowest BCUT2D eigenvalue weighted by atomic mass is 10.2. The third kappa shape index (κ3) is 4.21. The highest BCUT2D eigenvalue weighted by molar-refractivity contribution is 7.89. The number of piperazine rings is 1. The van der Waals surface area contributed by atoms with E-state index in [0.29, 0.717) is 35.9 Å². The van der Waals surface area contributed by atoms with Gasteiger partial charge in [-0.05, 0) is 19.4 Å². The second-order valence-corrected chi connectivity index (χ2v) is 10.4. The molecule has 1 aliphatic rings. The number of sulfonamides is 1. The van der Waals surface area contributed by atoms with Crippen molar-refractivity contribution in [3.05, 3.63) is 61.0 Å². The standard InChI is InChI=1S/C18H20N6O5S2/c1-12-3-4-15(24(26)27)10-16(12)31(28,29)22-7-5-21(6-8-22)11-14-9-17(25)23-18(19-14)30-13(2)20-23/h3-4,9-10H,5-8,11H2,1-2H3. The van der Waals surface area contributed by atoms with E-state index in [9.17, 15) is 23.3 Å². The van der Waals surface area contributed by atoms with Crippen molar-refractivity contribution < 1.29 is 13.3 Å². The zero-order valence-electron chi connectivity index (χ0n) is 16.9. The zero-order valence-corrected chi connectivity index (χ0v) is 18.5. The van der Waals surface area contributed by atoms with E-state index in [0.717, 1.165) is 11.1 Å². The van der Waals surface area contributed by atoms with Crippen LogP contribution in [0.2, 0.25) is 0 Å². The Bertz CT molecular complexity index is 1320. The largest absolute Gasteiger partial charge is 0.295 e. The minimum absolute atomic E-state index is 0.0455. The molecule has 3 heterocycles. The number of aromatic nitrogens is 3. The average molecular weight is 465 g/mol. The van der Waals surface area contributed by atoms with Crippen molar-refractivity contribution in [1.82, 2.24) is 23.8 Å². The fraction of sp³-hybridized carbons (Fsp3) is 0.389. The molecule has 0 N–H and O–H groups in total. The Morgan fingerprint density at radius 3 is 2.55 bits per heavy atom. The van der Waals surface area contributed by atoms with Crippen LogP contribution in [-0.2, 0) is 16.6 Å². The summed E-state index contributed by atoms with van der Waals surface area (Å²) >= 11 is 1.34. The topological polar surface area (TPSA) is 131 Å². The van der Waals surface area contributed by atoms with E-state index in [2.05, 4.69) is 10.1 Å². The Kier molecular flexibility index (Phi) is 5.60. The molecule has 1 aromatic carbocycles. The predicted molar refractivity (Wildman–Crippen MR) is 114 cm³/mol. The van der Waals surface area contributed by atoms with Gasteiger partial charge >= 0.3 is 0 Å². The Hall–Kier alpha value is -2.74. The van der Waals surface area contributed by atoms with Crippen molar-refractivity contribution >= 4 is 32.0 Å². The fourth-order valence-corrected chi connectivity index (χ4v) is 5.94. The number of aryl methyl sites for hydroxylation is 2. The number of non-ortho nitro benzene ring substituents is 1. The van der Waals surface area contributed by atoms with E-state index in [-0.39, 0.29) is 29.2 Å². The Morgan fingerprint density at radius 1 is 1.16 bits per heavy atom. The van der Waals surface area contributed by atoms with Crippen LogP contribution in [0.4, 0.5) is 5.69 Å². The number of hydrogen-bond donors (Lipinski definition) is 0. The highest BCUT2D eigenvalue weighted by atomic mass is 32.2. The smallest absolute Gasteiger partial charge is 0.275 e. The van der Waals surface area contributed by atoms with Gasteiger partial charge in [0.05, 0.1) is 15.5 Å². The molecule has 3 aromatic rings. The lowest BCUT2D eigenvalue weighted by Crippen LogP contribution is -2.48. The zero-order chi connectivity index (χ0) is 22.3. The Balaban J connectivity index is 1.48. The molecule has 1 saturated heterocycles. The molecule has 0 spiro atoms. The average Bonchev–Trinajstić information content (AvgIpc) is 3.09. The minimum Gasteiger partial charge on any atom is -0.295 e. The molecule has 1 fully saturated rings. The molecule has 0 bridgehead atoms. The normalized spacial score (nSPS) is 16.1. The van der Waals surface area contributed by atoms with Crippen molar-refractivity contribution in [3.8, 4) is 0 Å². The minimum atomic E-state index is -3.85. The Morgan fingerprint density at radius 2 is 1.87 bits per heavy atom. The van der Waals surface area contributed by atoms with Gasteiger partial charge in [-0.15, -0.1) is 0 Å². The number of nitro benzene ring substituents is 1. The van der Waals surface area contributed by atoms with E-state index >= 15 is 0 Å². The molecule has 13 heteroatoms. The maximum absolute atomic E-state index is 13.1. The number of hydrogen-bond acceptors (Lipinski definition) is 9. The fourth-order valence-electron chi connectivity index (χ4n) is 3.51. The highest BCUT2D eigenvalue weighted by Gasteiger charge is 2.31. The SMILES string of the molecule is Cc1nn2c(=O)cc(CN3CCN(S(=O)(=O)c4cc([N+](=O)[O-])ccc4C)CC3)nc2s1. The van der Waals surface area contributed by atoms with Crippen LogP contribution in [0, 0.1) is 24.0 Å². The van der Waals surface area contributed by atoms with Crippen molar-refractivity contribution in [1.29, 1.82) is 0 Å². The maximum Gasteiger partial charge on any atom is 0.275 e. The number of nitrogens with zero attached hydrogens (tertiary/aromatic N) is 6. The second-order valence-electron chi connectivity index (χ2n) is 7.29. The number of benzene rings is 1. The van der Waals surface area contributed by atoms with Gasteiger partial charge in [-0.3, -0.25) is 19.8 Å². The van der Waals surface area contributed by atoms with Crippen molar-refractivity contribution in [2.75, 3.05) is 26.2 Å². The van der Waals surface area contributed by atoms with Gasteiger partial charge in [0.1, 0.15) is 5.01 Å². The molecular weight excluding hydrogens is 444 g/mol. The van der Waals surface area contributed by atoms with Gasteiger partial charge < -0.3 is 0 Å². The summed E-state index contributed by atoms with van der Waals surface area (Å²) in [6, 6.07) is 5.30. The summed E-state index contributed by atoms with van der Waals surface area (Å²) in [6.45, 7) is 5.24. The molecule has 0 saturated carbocycles.